The Labute approximate surface area is 101 Å². The third-order valence-corrected chi connectivity index (χ3v) is 4.20. The molecule has 1 fully saturated rings. The number of likely N-dealkylation sites (N-methyl/N-ethyl adjacent to an activating group) is 2. The Balaban J connectivity index is 2.59. The Morgan fingerprint density at radius 1 is 1.50 bits per heavy atom. The molecule has 2 atom stereocenters. The van der Waals surface area contributed by atoms with Crippen LogP contribution in [-0.2, 0) is 0 Å². The van der Waals surface area contributed by atoms with Crippen LogP contribution >= 0.6 is 0 Å². The molecule has 0 amide bonds. The molecule has 0 bridgehead atoms. The van der Waals surface area contributed by atoms with Gasteiger partial charge >= 0.3 is 0 Å². The van der Waals surface area contributed by atoms with E-state index in [4.69, 9.17) is 5.73 Å². The van der Waals surface area contributed by atoms with E-state index in [1.54, 1.807) is 0 Å². The molecule has 16 heavy (non-hydrogen) atoms. The van der Waals surface area contributed by atoms with Crippen molar-refractivity contribution in [2.75, 3.05) is 33.7 Å². The van der Waals surface area contributed by atoms with Crippen LogP contribution in [0.5, 0.6) is 0 Å². The van der Waals surface area contributed by atoms with Gasteiger partial charge in [-0.05, 0) is 46.3 Å². The molecule has 1 aliphatic heterocycles. The Morgan fingerprint density at radius 2 is 2.12 bits per heavy atom. The Kier molecular flexibility index (Phi) is 4.77. The van der Waals surface area contributed by atoms with Crippen LogP contribution in [0.3, 0.4) is 0 Å². The largest absolute Gasteiger partial charge is 0.329 e. The lowest BCUT2D eigenvalue weighted by Crippen LogP contribution is -2.54. The summed E-state index contributed by atoms with van der Waals surface area (Å²) in [6.07, 6.45) is 2.46. The van der Waals surface area contributed by atoms with Crippen LogP contribution < -0.4 is 5.73 Å². The summed E-state index contributed by atoms with van der Waals surface area (Å²) in [5.41, 5.74) is 6.24. The van der Waals surface area contributed by atoms with Gasteiger partial charge in [0.15, 0.2) is 0 Å². The average molecular weight is 227 g/mol. The Bertz CT molecular complexity index is 205. The van der Waals surface area contributed by atoms with Gasteiger partial charge in [-0.1, -0.05) is 13.8 Å². The van der Waals surface area contributed by atoms with Crippen molar-refractivity contribution in [2.24, 2.45) is 11.7 Å². The fraction of sp³-hybridized carbons (Fsp3) is 1.00. The summed E-state index contributed by atoms with van der Waals surface area (Å²) in [7, 11) is 4.44. The topological polar surface area (TPSA) is 32.5 Å². The van der Waals surface area contributed by atoms with Gasteiger partial charge in [0.1, 0.15) is 0 Å². The maximum absolute atomic E-state index is 6.03. The third kappa shape index (κ3) is 2.96. The van der Waals surface area contributed by atoms with Gasteiger partial charge in [-0.2, -0.15) is 0 Å². The molecule has 3 heteroatoms. The first-order valence-corrected chi connectivity index (χ1v) is 6.53. The highest BCUT2D eigenvalue weighted by atomic mass is 15.3. The number of nitrogens with zero attached hydrogens (tertiary/aromatic N) is 2. The van der Waals surface area contributed by atoms with E-state index in [2.05, 4.69) is 44.7 Å². The van der Waals surface area contributed by atoms with Gasteiger partial charge in [0, 0.05) is 24.7 Å². The van der Waals surface area contributed by atoms with Crippen molar-refractivity contribution in [3.8, 4) is 0 Å². The van der Waals surface area contributed by atoms with Crippen molar-refractivity contribution < 1.29 is 0 Å². The summed E-state index contributed by atoms with van der Waals surface area (Å²) in [6.45, 7) is 9.91. The molecule has 1 heterocycles. The quantitative estimate of drug-likeness (QED) is 0.770. The van der Waals surface area contributed by atoms with Gasteiger partial charge in [0.05, 0.1) is 0 Å². The van der Waals surface area contributed by atoms with Gasteiger partial charge in [0.2, 0.25) is 0 Å². The molecule has 0 saturated carbocycles. The zero-order valence-electron chi connectivity index (χ0n) is 11.7. The normalized spacial score (nSPS) is 31.9. The van der Waals surface area contributed by atoms with Crippen LogP contribution in [0, 0.1) is 5.92 Å². The molecule has 1 rings (SSSR count). The molecule has 0 spiro atoms. The number of likely N-dealkylation sites (tertiary alicyclic amines) is 1. The minimum Gasteiger partial charge on any atom is -0.329 e. The van der Waals surface area contributed by atoms with Crippen molar-refractivity contribution in [2.45, 2.75) is 45.2 Å². The van der Waals surface area contributed by atoms with Crippen LogP contribution in [0.4, 0.5) is 0 Å². The van der Waals surface area contributed by atoms with E-state index in [1.807, 2.05) is 0 Å². The fourth-order valence-corrected chi connectivity index (χ4v) is 2.66. The van der Waals surface area contributed by atoms with Crippen molar-refractivity contribution in [3.05, 3.63) is 0 Å². The van der Waals surface area contributed by atoms with E-state index < -0.39 is 0 Å². The highest BCUT2D eigenvalue weighted by Gasteiger charge is 2.42. The van der Waals surface area contributed by atoms with Crippen LogP contribution in [0.25, 0.3) is 0 Å². The summed E-state index contributed by atoms with van der Waals surface area (Å²) >= 11 is 0. The third-order valence-electron chi connectivity index (χ3n) is 4.20. The summed E-state index contributed by atoms with van der Waals surface area (Å²) in [5.74, 6) is 0.772. The molecule has 96 valence electrons. The molecular formula is C13H29N3. The number of rotatable bonds is 5. The summed E-state index contributed by atoms with van der Waals surface area (Å²) < 4.78 is 0. The molecule has 0 radical (unpaired) electrons. The molecule has 2 N–H and O–H groups in total. The predicted octanol–water partition coefficient (Wildman–Crippen LogP) is 1.39. The second-order valence-electron chi connectivity index (χ2n) is 6.00. The monoisotopic (exact) mass is 227 g/mol. The number of nitrogens with two attached hydrogens (primary N) is 1. The summed E-state index contributed by atoms with van der Waals surface area (Å²) in [6, 6.07) is 0.657. The first-order chi connectivity index (χ1) is 7.41. The minimum absolute atomic E-state index is 0.211. The molecule has 3 nitrogen and oxygen atoms in total. The first-order valence-electron chi connectivity index (χ1n) is 6.53. The SMILES string of the molecule is CC(C)CCN(C)C1(CN)CC(C)N(C)C1. The zero-order valence-corrected chi connectivity index (χ0v) is 11.7. The summed E-state index contributed by atoms with van der Waals surface area (Å²) in [4.78, 5) is 4.92. The minimum atomic E-state index is 0.211. The van der Waals surface area contributed by atoms with Crippen molar-refractivity contribution in [3.63, 3.8) is 0 Å². The predicted molar refractivity (Wildman–Crippen MR) is 70.6 cm³/mol. The van der Waals surface area contributed by atoms with Crippen LogP contribution in [0.2, 0.25) is 0 Å². The Morgan fingerprint density at radius 3 is 2.50 bits per heavy atom. The van der Waals surface area contributed by atoms with E-state index >= 15 is 0 Å². The fourth-order valence-electron chi connectivity index (χ4n) is 2.66. The lowest BCUT2D eigenvalue weighted by molar-refractivity contribution is 0.127. The standard InChI is InChI=1S/C13H29N3/c1-11(2)6-7-16(5)13(9-14)8-12(3)15(4)10-13/h11-12H,6-10,14H2,1-5H3. The van der Waals surface area contributed by atoms with Crippen LogP contribution in [0.1, 0.15) is 33.6 Å². The smallest absolute Gasteiger partial charge is 0.0470 e. The molecule has 1 saturated heterocycles. The van der Waals surface area contributed by atoms with Crippen molar-refractivity contribution in [1.29, 1.82) is 0 Å². The molecule has 2 unspecified atom stereocenters. The molecule has 0 aromatic carbocycles. The van der Waals surface area contributed by atoms with Gasteiger partial charge < -0.3 is 10.6 Å². The van der Waals surface area contributed by atoms with Crippen molar-refractivity contribution in [1.82, 2.24) is 9.80 Å². The van der Waals surface area contributed by atoms with Gasteiger partial charge in [-0.25, -0.2) is 0 Å². The maximum atomic E-state index is 6.03. The highest BCUT2D eigenvalue weighted by Crippen LogP contribution is 2.30. The molecule has 0 aromatic heterocycles. The molecule has 1 aliphatic rings. The van der Waals surface area contributed by atoms with Gasteiger partial charge in [0.25, 0.3) is 0 Å². The van der Waals surface area contributed by atoms with Crippen LogP contribution in [0.15, 0.2) is 0 Å². The van der Waals surface area contributed by atoms with Crippen LogP contribution in [-0.4, -0.2) is 55.1 Å². The first kappa shape index (κ1) is 13.9. The molecule has 0 aromatic rings. The van der Waals surface area contributed by atoms with E-state index in [1.165, 1.54) is 12.8 Å². The molecular weight excluding hydrogens is 198 g/mol. The highest BCUT2D eigenvalue weighted by molar-refractivity contribution is 5.01. The van der Waals surface area contributed by atoms with E-state index in [9.17, 15) is 0 Å². The maximum Gasteiger partial charge on any atom is 0.0470 e. The summed E-state index contributed by atoms with van der Waals surface area (Å²) in [5, 5.41) is 0. The van der Waals surface area contributed by atoms with Gasteiger partial charge in [-0.15, -0.1) is 0 Å². The average Bonchev–Trinajstić information content (AvgIpc) is 2.52. The lowest BCUT2D eigenvalue weighted by atomic mass is 9.93. The zero-order chi connectivity index (χ0) is 12.3. The van der Waals surface area contributed by atoms with Crippen molar-refractivity contribution >= 4 is 0 Å². The second-order valence-corrected chi connectivity index (χ2v) is 6.00. The van der Waals surface area contributed by atoms with E-state index in [-0.39, 0.29) is 5.54 Å². The van der Waals surface area contributed by atoms with E-state index in [0.29, 0.717) is 6.04 Å². The number of hydrogen-bond donors (Lipinski definition) is 1. The molecule has 0 aliphatic carbocycles. The lowest BCUT2D eigenvalue weighted by Gasteiger charge is -2.38. The van der Waals surface area contributed by atoms with E-state index in [0.717, 1.165) is 25.6 Å². The number of hydrogen-bond acceptors (Lipinski definition) is 3. The Hall–Kier alpha value is -0.120. The second kappa shape index (κ2) is 5.48. The van der Waals surface area contributed by atoms with Gasteiger partial charge in [-0.3, -0.25) is 4.90 Å².